The summed E-state index contributed by atoms with van der Waals surface area (Å²) in [4.78, 5) is 17.4. The van der Waals surface area contributed by atoms with Crippen molar-refractivity contribution in [1.82, 2.24) is 9.88 Å². The smallest absolute Gasteiger partial charge is 0.410 e. The molecule has 1 saturated heterocycles. The Kier molecular flexibility index (Phi) is 4.14. The van der Waals surface area contributed by atoms with Crippen LogP contribution in [0.5, 0.6) is 11.6 Å². The van der Waals surface area contributed by atoms with E-state index < -0.39 is 5.82 Å². The summed E-state index contributed by atoms with van der Waals surface area (Å²) in [5.41, 5.74) is 1.68. The van der Waals surface area contributed by atoms with Gasteiger partial charge in [0.2, 0.25) is 5.88 Å². The van der Waals surface area contributed by atoms with Gasteiger partial charge in [0.05, 0.1) is 12.6 Å². The van der Waals surface area contributed by atoms with Gasteiger partial charge < -0.3 is 9.47 Å². The van der Waals surface area contributed by atoms with Crippen LogP contribution in [-0.2, 0) is 11.3 Å². The number of aromatic nitrogens is 1. The molecular weight excluding hydrogens is 299 g/mol. The van der Waals surface area contributed by atoms with Gasteiger partial charge in [-0.2, -0.15) is 0 Å². The average Bonchev–Trinajstić information content (AvgIpc) is 2.84. The Morgan fingerprint density at radius 2 is 2.22 bits per heavy atom. The molecule has 1 aromatic heterocycles. The lowest BCUT2D eigenvalue weighted by Crippen LogP contribution is -2.30. The zero-order valence-corrected chi connectivity index (χ0v) is 13.0. The highest BCUT2D eigenvalue weighted by Gasteiger charge is 2.29. The van der Waals surface area contributed by atoms with Crippen molar-refractivity contribution in [3.05, 3.63) is 53.5 Å². The van der Waals surface area contributed by atoms with Gasteiger partial charge in [0, 0.05) is 12.3 Å². The van der Waals surface area contributed by atoms with Crippen LogP contribution in [0.2, 0.25) is 0 Å². The molecule has 5 nitrogen and oxygen atoms in total. The molecule has 0 saturated carbocycles. The second-order valence-electron chi connectivity index (χ2n) is 5.59. The normalized spacial score (nSPS) is 17.3. The minimum Gasteiger partial charge on any atom is -0.447 e. The molecule has 2 heterocycles. The van der Waals surface area contributed by atoms with E-state index in [2.05, 4.69) is 4.98 Å². The molecular formula is C17H17FN2O3. The highest BCUT2D eigenvalue weighted by Crippen LogP contribution is 2.24. The lowest BCUT2D eigenvalue weighted by Gasteiger charge is -2.17. The lowest BCUT2D eigenvalue weighted by molar-refractivity contribution is 0.156. The van der Waals surface area contributed by atoms with Gasteiger partial charge in [0.15, 0.2) is 11.6 Å². The Balaban J connectivity index is 1.68. The quantitative estimate of drug-likeness (QED) is 0.864. The number of carbonyl (C=O) groups is 1. The number of rotatable bonds is 4. The van der Waals surface area contributed by atoms with E-state index in [9.17, 15) is 9.18 Å². The zero-order chi connectivity index (χ0) is 16.4. The second-order valence-corrected chi connectivity index (χ2v) is 5.59. The van der Waals surface area contributed by atoms with Gasteiger partial charge in [-0.3, -0.25) is 4.90 Å². The van der Waals surface area contributed by atoms with Crippen LogP contribution in [0, 0.1) is 12.7 Å². The number of pyridine rings is 1. The fourth-order valence-corrected chi connectivity index (χ4v) is 2.33. The number of benzene rings is 1. The van der Waals surface area contributed by atoms with E-state index in [4.69, 9.17) is 9.47 Å². The van der Waals surface area contributed by atoms with Crippen molar-refractivity contribution in [2.45, 2.75) is 26.4 Å². The third-order valence-electron chi connectivity index (χ3n) is 3.67. The minimum absolute atomic E-state index is 0.0417. The molecule has 0 aliphatic carbocycles. The van der Waals surface area contributed by atoms with Gasteiger partial charge in [-0.15, -0.1) is 0 Å². The van der Waals surface area contributed by atoms with Crippen LogP contribution < -0.4 is 4.74 Å². The van der Waals surface area contributed by atoms with Crippen molar-refractivity contribution in [1.29, 1.82) is 0 Å². The Labute approximate surface area is 133 Å². The number of aryl methyl sites for hydroxylation is 1. The fourth-order valence-electron chi connectivity index (χ4n) is 2.33. The maximum atomic E-state index is 13.8. The summed E-state index contributed by atoms with van der Waals surface area (Å²) >= 11 is 0. The zero-order valence-electron chi connectivity index (χ0n) is 13.0. The second kappa shape index (κ2) is 6.24. The van der Waals surface area contributed by atoms with Crippen molar-refractivity contribution in [2.24, 2.45) is 0 Å². The molecule has 1 aliphatic rings. The molecule has 3 rings (SSSR count). The SMILES string of the molecule is Cc1ccc(Oc2ccc(CN3C(=O)OC[C@@H]3C)cn2)c(F)c1. The molecule has 0 unspecified atom stereocenters. The number of carbonyl (C=O) groups excluding carboxylic acids is 1. The first-order valence-corrected chi connectivity index (χ1v) is 7.35. The van der Waals surface area contributed by atoms with E-state index >= 15 is 0 Å². The monoisotopic (exact) mass is 316 g/mol. The molecule has 120 valence electrons. The number of halogens is 1. The lowest BCUT2D eigenvalue weighted by atomic mass is 10.2. The molecule has 0 spiro atoms. The van der Waals surface area contributed by atoms with E-state index in [0.29, 0.717) is 19.0 Å². The fraction of sp³-hybridized carbons (Fsp3) is 0.294. The molecule has 1 fully saturated rings. The molecule has 1 atom stereocenters. The summed E-state index contributed by atoms with van der Waals surface area (Å²) < 4.78 is 24.2. The third-order valence-corrected chi connectivity index (χ3v) is 3.67. The number of hydrogen-bond acceptors (Lipinski definition) is 4. The molecule has 1 aromatic carbocycles. The first kappa shape index (κ1) is 15.3. The predicted octanol–water partition coefficient (Wildman–Crippen LogP) is 3.66. The van der Waals surface area contributed by atoms with Crippen LogP contribution in [0.15, 0.2) is 36.5 Å². The topological polar surface area (TPSA) is 51.7 Å². The first-order valence-electron chi connectivity index (χ1n) is 7.35. The molecule has 2 aromatic rings. The summed E-state index contributed by atoms with van der Waals surface area (Å²) in [6.45, 7) is 4.56. The van der Waals surface area contributed by atoms with E-state index in [1.165, 1.54) is 6.07 Å². The van der Waals surface area contributed by atoms with Gasteiger partial charge in [0.25, 0.3) is 0 Å². The molecule has 1 aliphatic heterocycles. The van der Waals surface area contributed by atoms with Crippen LogP contribution in [0.25, 0.3) is 0 Å². The summed E-state index contributed by atoms with van der Waals surface area (Å²) in [5.74, 6) is 0.00524. The maximum absolute atomic E-state index is 13.8. The summed E-state index contributed by atoms with van der Waals surface area (Å²) in [6, 6.07) is 8.24. The van der Waals surface area contributed by atoms with Gasteiger partial charge in [-0.05, 0) is 37.1 Å². The van der Waals surface area contributed by atoms with Crippen molar-refractivity contribution in [2.75, 3.05) is 6.61 Å². The largest absolute Gasteiger partial charge is 0.447 e. The van der Waals surface area contributed by atoms with Crippen molar-refractivity contribution in [3.63, 3.8) is 0 Å². The maximum Gasteiger partial charge on any atom is 0.410 e. The highest BCUT2D eigenvalue weighted by molar-refractivity contribution is 5.70. The molecule has 23 heavy (non-hydrogen) atoms. The number of nitrogens with zero attached hydrogens (tertiary/aromatic N) is 2. The number of hydrogen-bond donors (Lipinski definition) is 0. The molecule has 0 bridgehead atoms. The van der Waals surface area contributed by atoms with Gasteiger partial charge in [-0.1, -0.05) is 12.1 Å². The van der Waals surface area contributed by atoms with Gasteiger partial charge >= 0.3 is 6.09 Å². The van der Waals surface area contributed by atoms with E-state index in [-0.39, 0.29) is 17.9 Å². The molecule has 1 amide bonds. The van der Waals surface area contributed by atoms with Crippen LogP contribution in [0.1, 0.15) is 18.1 Å². The minimum atomic E-state index is -0.426. The Bertz CT molecular complexity index is 718. The van der Waals surface area contributed by atoms with Crippen LogP contribution >= 0.6 is 0 Å². The third kappa shape index (κ3) is 3.41. The predicted molar refractivity (Wildman–Crippen MR) is 81.8 cm³/mol. The number of ether oxygens (including phenoxy) is 2. The van der Waals surface area contributed by atoms with Crippen LogP contribution in [0.4, 0.5) is 9.18 Å². The highest BCUT2D eigenvalue weighted by atomic mass is 19.1. The van der Waals surface area contributed by atoms with Gasteiger partial charge in [-0.25, -0.2) is 14.2 Å². The van der Waals surface area contributed by atoms with Crippen molar-refractivity contribution < 1.29 is 18.7 Å². The first-order chi connectivity index (χ1) is 11.0. The molecule has 0 N–H and O–H groups in total. The standard InChI is InChI=1S/C17H17FN2O3/c1-11-3-5-15(14(18)7-11)23-16-6-4-13(8-19-16)9-20-12(2)10-22-17(20)21/h3-8,12H,9-10H2,1-2H3/t12-/m0/s1. The average molecular weight is 316 g/mol. The van der Waals surface area contributed by atoms with E-state index in [0.717, 1.165) is 11.1 Å². The Morgan fingerprint density at radius 1 is 1.39 bits per heavy atom. The van der Waals surface area contributed by atoms with Crippen LogP contribution in [-0.4, -0.2) is 28.6 Å². The number of amides is 1. The van der Waals surface area contributed by atoms with Crippen molar-refractivity contribution >= 4 is 6.09 Å². The molecule has 0 radical (unpaired) electrons. The Hall–Kier alpha value is -2.63. The summed E-state index contributed by atoms with van der Waals surface area (Å²) in [5, 5.41) is 0. The summed E-state index contributed by atoms with van der Waals surface area (Å²) in [7, 11) is 0. The summed E-state index contributed by atoms with van der Waals surface area (Å²) in [6.07, 6.45) is 1.29. The molecule has 6 heteroatoms. The van der Waals surface area contributed by atoms with Crippen LogP contribution in [0.3, 0.4) is 0 Å². The Morgan fingerprint density at radius 3 is 2.83 bits per heavy atom. The number of cyclic esters (lactones) is 1. The van der Waals surface area contributed by atoms with E-state index in [1.54, 1.807) is 35.4 Å². The van der Waals surface area contributed by atoms with E-state index in [1.807, 2.05) is 13.8 Å². The van der Waals surface area contributed by atoms with Gasteiger partial charge in [0.1, 0.15) is 6.61 Å². The van der Waals surface area contributed by atoms with Crippen molar-refractivity contribution in [3.8, 4) is 11.6 Å².